The normalized spacial score (nSPS) is 11.6. The molecule has 0 aromatic heterocycles. The van der Waals surface area contributed by atoms with E-state index >= 15 is 0 Å². The van der Waals surface area contributed by atoms with Crippen molar-refractivity contribution >= 4 is 5.78 Å². The molecule has 0 aromatic rings. The summed E-state index contributed by atoms with van der Waals surface area (Å²) in [4.78, 5) is 11.3. The molecule has 23 heavy (non-hydrogen) atoms. The van der Waals surface area contributed by atoms with Crippen molar-refractivity contribution in [1.82, 2.24) is 0 Å². The Bertz CT molecular complexity index is 266. The fourth-order valence-corrected chi connectivity index (χ4v) is 1.76. The van der Waals surface area contributed by atoms with E-state index in [1.807, 2.05) is 13.8 Å². The molecule has 0 spiro atoms. The van der Waals surface area contributed by atoms with Gasteiger partial charge in [-0.2, -0.15) is 0 Å². The molecule has 0 heterocycles. The quantitative estimate of drug-likeness (QED) is 0.383. The second kappa shape index (κ2) is 16.4. The lowest BCUT2D eigenvalue weighted by Gasteiger charge is -2.08. The van der Waals surface area contributed by atoms with Crippen LogP contribution >= 0.6 is 0 Å². The molecule has 0 aliphatic heterocycles. The first-order valence-corrected chi connectivity index (χ1v) is 8.87. The third-order valence-corrected chi connectivity index (χ3v) is 3.32. The summed E-state index contributed by atoms with van der Waals surface area (Å²) in [6, 6.07) is 0. The second-order valence-electron chi connectivity index (χ2n) is 6.40. The first-order chi connectivity index (χ1) is 11.0. The van der Waals surface area contributed by atoms with Crippen molar-refractivity contribution in [3.05, 3.63) is 0 Å². The summed E-state index contributed by atoms with van der Waals surface area (Å²) in [7, 11) is 0. The minimum absolute atomic E-state index is 0.0294. The summed E-state index contributed by atoms with van der Waals surface area (Å²) in [5.41, 5.74) is 0. The molecule has 0 N–H and O–H groups in total. The topological polar surface area (TPSA) is 54.0 Å². The summed E-state index contributed by atoms with van der Waals surface area (Å²) in [5, 5.41) is 0. The van der Waals surface area contributed by atoms with Gasteiger partial charge in [0.15, 0.2) is 5.78 Å². The highest BCUT2D eigenvalue weighted by Gasteiger charge is 2.06. The summed E-state index contributed by atoms with van der Waals surface area (Å²) < 4.78 is 21.5. The van der Waals surface area contributed by atoms with Gasteiger partial charge >= 0.3 is 0 Å². The Balaban J connectivity index is 3.07. The van der Waals surface area contributed by atoms with Crippen LogP contribution in [0.25, 0.3) is 0 Å². The Labute approximate surface area is 142 Å². The van der Waals surface area contributed by atoms with Gasteiger partial charge in [-0.05, 0) is 12.3 Å². The zero-order chi connectivity index (χ0) is 17.3. The minimum atomic E-state index is 0.0294. The maximum Gasteiger partial charge on any atom is 0.160 e. The van der Waals surface area contributed by atoms with E-state index in [0.29, 0.717) is 39.6 Å². The van der Waals surface area contributed by atoms with E-state index in [1.54, 1.807) is 0 Å². The average Bonchev–Trinajstić information content (AvgIpc) is 2.50. The van der Waals surface area contributed by atoms with Gasteiger partial charge in [0.1, 0.15) is 6.61 Å². The van der Waals surface area contributed by atoms with Gasteiger partial charge in [-0.3, -0.25) is 4.79 Å². The number of hydrogen-bond donors (Lipinski definition) is 0. The Morgan fingerprint density at radius 2 is 1.17 bits per heavy atom. The average molecular weight is 332 g/mol. The zero-order valence-electron chi connectivity index (χ0n) is 15.5. The van der Waals surface area contributed by atoms with Crippen LogP contribution in [0.4, 0.5) is 0 Å². The molecule has 0 bridgehead atoms. The summed E-state index contributed by atoms with van der Waals surface area (Å²) >= 11 is 0. The molecule has 0 amide bonds. The Morgan fingerprint density at radius 1 is 0.696 bits per heavy atom. The molecule has 5 nitrogen and oxygen atoms in total. The highest BCUT2D eigenvalue weighted by Crippen LogP contribution is 2.05. The van der Waals surface area contributed by atoms with Crippen LogP contribution in [-0.2, 0) is 23.7 Å². The maximum atomic E-state index is 11.3. The third kappa shape index (κ3) is 17.7. The summed E-state index contributed by atoms with van der Waals surface area (Å²) in [5.74, 6) is 0.929. The Morgan fingerprint density at radius 3 is 1.65 bits per heavy atom. The number of unbranched alkanes of at least 4 members (excludes halogenated alkanes) is 1. The van der Waals surface area contributed by atoms with E-state index in [-0.39, 0.29) is 18.3 Å². The van der Waals surface area contributed by atoms with E-state index in [1.165, 1.54) is 12.8 Å². The van der Waals surface area contributed by atoms with E-state index in [2.05, 4.69) is 13.8 Å². The molecule has 0 atom stereocenters. The molecule has 0 saturated carbocycles. The fourth-order valence-electron chi connectivity index (χ4n) is 1.76. The van der Waals surface area contributed by atoms with Crippen LogP contribution < -0.4 is 0 Å². The van der Waals surface area contributed by atoms with Gasteiger partial charge in [-0.1, -0.05) is 40.5 Å². The largest absolute Gasteiger partial charge is 0.379 e. The first-order valence-electron chi connectivity index (χ1n) is 8.87. The number of Topliss-reactive ketones (excluding diaryl/α,β-unsaturated/α-hetero) is 1. The van der Waals surface area contributed by atoms with Gasteiger partial charge in [0, 0.05) is 12.5 Å². The summed E-state index contributed by atoms with van der Waals surface area (Å²) in [6.45, 7) is 12.5. The molecule has 0 unspecified atom stereocenters. The summed E-state index contributed by atoms with van der Waals surface area (Å²) in [6.07, 6.45) is 3.63. The predicted molar refractivity (Wildman–Crippen MR) is 91.8 cm³/mol. The fraction of sp³-hybridized carbons (Fsp3) is 0.944. The Kier molecular flexibility index (Phi) is 16.0. The van der Waals surface area contributed by atoms with Crippen molar-refractivity contribution in [3.8, 4) is 0 Å². The lowest BCUT2D eigenvalue weighted by atomic mass is 10.1. The van der Waals surface area contributed by atoms with Crippen molar-refractivity contribution in [3.63, 3.8) is 0 Å². The van der Waals surface area contributed by atoms with E-state index < -0.39 is 0 Å². The zero-order valence-corrected chi connectivity index (χ0v) is 15.5. The molecule has 5 heteroatoms. The standard InChI is InChI=1S/C18H36O5/c1-16(2)7-5-6-8-20-9-10-21-11-12-22-13-14-23-15-18(19)17(3)4/h16-17H,5-15H2,1-4H3. The van der Waals surface area contributed by atoms with Crippen LogP contribution in [0, 0.1) is 11.8 Å². The van der Waals surface area contributed by atoms with Crippen LogP contribution in [-0.4, -0.2) is 58.6 Å². The molecule has 0 aromatic carbocycles. The lowest BCUT2D eigenvalue weighted by molar-refractivity contribution is -0.127. The van der Waals surface area contributed by atoms with Crippen LogP contribution in [0.1, 0.15) is 47.0 Å². The number of ketones is 1. The first kappa shape index (κ1) is 22.5. The van der Waals surface area contributed by atoms with Crippen molar-refractivity contribution in [2.45, 2.75) is 47.0 Å². The number of carbonyl (C=O) groups is 1. The van der Waals surface area contributed by atoms with E-state index in [4.69, 9.17) is 18.9 Å². The van der Waals surface area contributed by atoms with E-state index in [0.717, 1.165) is 18.9 Å². The van der Waals surface area contributed by atoms with E-state index in [9.17, 15) is 4.79 Å². The number of hydrogen-bond acceptors (Lipinski definition) is 5. The van der Waals surface area contributed by atoms with Crippen molar-refractivity contribution in [2.24, 2.45) is 11.8 Å². The monoisotopic (exact) mass is 332 g/mol. The van der Waals surface area contributed by atoms with Crippen molar-refractivity contribution in [1.29, 1.82) is 0 Å². The molecular weight excluding hydrogens is 296 g/mol. The molecule has 0 aliphatic carbocycles. The maximum absolute atomic E-state index is 11.3. The van der Waals surface area contributed by atoms with Gasteiger partial charge in [-0.25, -0.2) is 0 Å². The molecule has 0 fully saturated rings. The van der Waals surface area contributed by atoms with Crippen molar-refractivity contribution < 1.29 is 23.7 Å². The molecule has 0 saturated heterocycles. The van der Waals surface area contributed by atoms with Gasteiger partial charge in [0.2, 0.25) is 0 Å². The van der Waals surface area contributed by atoms with Gasteiger partial charge in [0.25, 0.3) is 0 Å². The SMILES string of the molecule is CC(C)CCCCOCCOCCOCCOCC(=O)C(C)C. The van der Waals surface area contributed by atoms with Gasteiger partial charge in [-0.15, -0.1) is 0 Å². The molecule has 138 valence electrons. The Hall–Kier alpha value is -0.490. The molecule has 0 aliphatic rings. The predicted octanol–water partition coefficient (Wildman–Crippen LogP) is 3.10. The van der Waals surface area contributed by atoms with Crippen LogP contribution in [0.2, 0.25) is 0 Å². The van der Waals surface area contributed by atoms with Gasteiger partial charge < -0.3 is 18.9 Å². The smallest absolute Gasteiger partial charge is 0.160 e. The molecule has 0 radical (unpaired) electrons. The number of ether oxygens (including phenoxy) is 4. The van der Waals surface area contributed by atoms with Crippen LogP contribution in [0.3, 0.4) is 0 Å². The molecule has 0 rings (SSSR count). The lowest BCUT2D eigenvalue weighted by Crippen LogP contribution is -2.17. The van der Waals surface area contributed by atoms with Gasteiger partial charge in [0.05, 0.1) is 39.6 Å². The number of rotatable bonds is 17. The molecular formula is C18H36O5. The van der Waals surface area contributed by atoms with Crippen molar-refractivity contribution in [2.75, 3.05) is 52.9 Å². The highest BCUT2D eigenvalue weighted by atomic mass is 16.6. The minimum Gasteiger partial charge on any atom is -0.379 e. The second-order valence-corrected chi connectivity index (χ2v) is 6.40. The number of carbonyl (C=O) groups excluding carboxylic acids is 1. The van der Waals surface area contributed by atoms with Crippen LogP contribution in [0.15, 0.2) is 0 Å². The third-order valence-electron chi connectivity index (χ3n) is 3.32. The van der Waals surface area contributed by atoms with Crippen LogP contribution in [0.5, 0.6) is 0 Å². The highest BCUT2D eigenvalue weighted by molar-refractivity contribution is 5.81.